The third kappa shape index (κ3) is 4.44. The fourth-order valence-electron chi connectivity index (χ4n) is 2.07. The second kappa shape index (κ2) is 7.77. The van der Waals surface area contributed by atoms with E-state index in [4.69, 9.17) is 4.42 Å². The Morgan fingerprint density at radius 3 is 2.68 bits per heavy atom. The van der Waals surface area contributed by atoms with E-state index in [1.165, 1.54) is 36.0 Å². The molecule has 0 aliphatic heterocycles. The summed E-state index contributed by atoms with van der Waals surface area (Å²) in [7, 11) is 0. The van der Waals surface area contributed by atoms with Crippen molar-refractivity contribution in [3.63, 3.8) is 0 Å². The molecular formula is C16H12BrN3O4S. The third-order valence-corrected chi connectivity index (χ3v) is 4.72. The number of hydrogen-bond donors (Lipinski definition) is 1. The molecule has 0 aliphatic rings. The summed E-state index contributed by atoms with van der Waals surface area (Å²) in [5.41, 5.74) is 1.37. The molecule has 0 radical (unpaired) electrons. The normalized spacial score (nSPS) is 12.1. The van der Waals surface area contributed by atoms with Gasteiger partial charge >= 0.3 is 0 Å². The number of aliphatic hydroxyl groups is 1. The number of hydrogen-bond acceptors (Lipinski definition) is 7. The molecular weight excluding hydrogens is 410 g/mol. The van der Waals surface area contributed by atoms with Crippen molar-refractivity contribution in [1.82, 2.24) is 10.2 Å². The van der Waals surface area contributed by atoms with Crippen LogP contribution in [0.3, 0.4) is 0 Å². The summed E-state index contributed by atoms with van der Waals surface area (Å²) in [6.07, 6.45) is -0.799. The van der Waals surface area contributed by atoms with Crippen LogP contribution < -0.4 is 0 Å². The van der Waals surface area contributed by atoms with Gasteiger partial charge in [0.2, 0.25) is 5.89 Å². The van der Waals surface area contributed by atoms with Crippen LogP contribution >= 0.6 is 27.7 Å². The number of nitro groups is 1. The van der Waals surface area contributed by atoms with Crippen LogP contribution in [-0.4, -0.2) is 26.0 Å². The van der Waals surface area contributed by atoms with Gasteiger partial charge in [-0.2, -0.15) is 0 Å². The van der Waals surface area contributed by atoms with Gasteiger partial charge in [-0.3, -0.25) is 10.1 Å². The lowest BCUT2D eigenvalue weighted by atomic mass is 10.1. The molecule has 0 bridgehead atoms. The molecule has 1 N–H and O–H groups in total. The molecule has 3 aromatic rings. The minimum absolute atomic E-state index is 0.0147. The summed E-state index contributed by atoms with van der Waals surface area (Å²) in [4.78, 5) is 10.2. The van der Waals surface area contributed by atoms with E-state index in [9.17, 15) is 15.2 Å². The second-order valence-corrected chi connectivity index (χ2v) is 6.95. The summed E-state index contributed by atoms with van der Waals surface area (Å²) >= 11 is 4.60. The van der Waals surface area contributed by atoms with Crippen LogP contribution in [0.1, 0.15) is 11.7 Å². The molecule has 2 aromatic carbocycles. The van der Waals surface area contributed by atoms with Gasteiger partial charge in [0.25, 0.3) is 10.9 Å². The average molecular weight is 422 g/mol. The molecule has 1 unspecified atom stereocenters. The highest BCUT2D eigenvalue weighted by molar-refractivity contribution is 9.10. The van der Waals surface area contributed by atoms with Crippen molar-refractivity contribution < 1.29 is 14.4 Å². The van der Waals surface area contributed by atoms with Crippen molar-refractivity contribution in [2.24, 2.45) is 0 Å². The van der Waals surface area contributed by atoms with E-state index in [-0.39, 0.29) is 11.4 Å². The molecule has 1 atom stereocenters. The molecule has 25 heavy (non-hydrogen) atoms. The van der Waals surface area contributed by atoms with Gasteiger partial charge in [-0.05, 0) is 35.9 Å². The molecule has 7 nitrogen and oxygen atoms in total. The van der Waals surface area contributed by atoms with E-state index in [0.717, 1.165) is 10.0 Å². The third-order valence-electron chi connectivity index (χ3n) is 3.33. The van der Waals surface area contributed by atoms with Crippen molar-refractivity contribution in [1.29, 1.82) is 0 Å². The number of rotatable bonds is 6. The fraction of sp³-hybridized carbons (Fsp3) is 0.125. The molecule has 1 aromatic heterocycles. The summed E-state index contributed by atoms with van der Waals surface area (Å²) in [6.45, 7) is 0. The topological polar surface area (TPSA) is 102 Å². The van der Waals surface area contributed by atoms with Crippen LogP contribution in [0.2, 0.25) is 0 Å². The second-order valence-electron chi connectivity index (χ2n) is 5.06. The smallest absolute Gasteiger partial charge is 0.276 e. The lowest BCUT2D eigenvalue weighted by Gasteiger charge is -2.08. The molecule has 3 rings (SSSR count). The first-order valence-electron chi connectivity index (χ1n) is 7.17. The lowest BCUT2D eigenvalue weighted by Crippen LogP contribution is -2.00. The van der Waals surface area contributed by atoms with Crippen LogP contribution in [0.4, 0.5) is 5.69 Å². The van der Waals surface area contributed by atoms with Gasteiger partial charge in [-0.25, -0.2) is 0 Å². The van der Waals surface area contributed by atoms with E-state index < -0.39 is 11.0 Å². The van der Waals surface area contributed by atoms with Crippen LogP contribution in [0.5, 0.6) is 0 Å². The number of non-ortho nitro benzene ring substituents is 1. The zero-order valence-corrected chi connectivity index (χ0v) is 15.1. The predicted octanol–water partition coefficient (Wildman–Crippen LogP) is 4.23. The highest BCUT2D eigenvalue weighted by Crippen LogP contribution is 2.28. The van der Waals surface area contributed by atoms with Crippen molar-refractivity contribution in [2.75, 3.05) is 5.75 Å². The number of aromatic nitrogens is 2. The van der Waals surface area contributed by atoms with E-state index in [1.807, 2.05) is 24.3 Å². The Labute approximate surface area is 155 Å². The molecule has 9 heteroatoms. The number of halogens is 1. The Hall–Kier alpha value is -2.23. The highest BCUT2D eigenvalue weighted by atomic mass is 79.9. The first kappa shape index (κ1) is 17.6. The number of nitro benzene ring substituents is 1. The fourth-order valence-corrected chi connectivity index (χ4v) is 3.20. The summed E-state index contributed by atoms with van der Waals surface area (Å²) < 4.78 is 6.49. The predicted molar refractivity (Wildman–Crippen MR) is 96.2 cm³/mol. The maximum atomic E-state index is 10.6. The van der Waals surface area contributed by atoms with E-state index in [0.29, 0.717) is 16.7 Å². The highest BCUT2D eigenvalue weighted by Gasteiger charge is 2.14. The molecule has 0 amide bonds. The summed E-state index contributed by atoms with van der Waals surface area (Å²) in [5, 5.41) is 29.1. The van der Waals surface area contributed by atoms with Crippen LogP contribution in [-0.2, 0) is 0 Å². The van der Waals surface area contributed by atoms with Gasteiger partial charge in [0.15, 0.2) is 0 Å². The maximum Gasteiger partial charge on any atom is 0.276 e. The largest absolute Gasteiger partial charge is 0.411 e. The van der Waals surface area contributed by atoms with Crippen molar-refractivity contribution >= 4 is 33.4 Å². The Morgan fingerprint density at radius 1 is 1.24 bits per heavy atom. The SMILES string of the molecule is O=[N+]([O-])c1ccc(C(O)CSc2nnc(-c3cccc(Br)c3)o2)cc1. The molecule has 0 saturated carbocycles. The Bertz CT molecular complexity index is 885. The van der Waals surface area contributed by atoms with Crippen LogP contribution in [0, 0.1) is 10.1 Å². The van der Waals surface area contributed by atoms with E-state index >= 15 is 0 Å². The maximum absolute atomic E-state index is 10.6. The van der Waals surface area contributed by atoms with Gasteiger partial charge in [0, 0.05) is 27.9 Å². The monoisotopic (exact) mass is 421 g/mol. The Balaban J connectivity index is 1.62. The molecule has 0 saturated heterocycles. The van der Waals surface area contributed by atoms with Crippen LogP contribution in [0.25, 0.3) is 11.5 Å². The van der Waals surface area contributed by atoms with Crippen molar-refractivity contribution in [3.05, 3.63) is 68.7 Å². The average Bonchev–Trinajstić information content (AvgIpc) is 3.09. The van der Waals surface area contributed by atoms with Crippen molar-refractivity contribution in [2.45, 2.75) is 11.3 Å². The Morgan fingerprint density at radius 2 is 2.00 bits per heavy atom. The molecule has 128 valence electrons. The lowest BCUT2D eigenvalue weighted by molar-refractivity contribution is -0.384. The summed E-state index contributed by atoms with van der Waals surface area (Å²) in [5.74, 6) is 0.686. The minimum atomic E-state index is -0.799. The Kier molecular flexibility index (Phi) is 5.47. The summed E-state index contributed by atoms with van der Waals surface area (Å²) in [6, 6.07) is 13.3. The van der Waals surface area contributed by atoms with Gasteiger partial charge in [-0.1, -0.05) is 33.8 Å². The standard InChI is InChI=1S/C16H12BrN3O4S/c17-12-3-1-2-11(8-12)15-18-19-16(24-15)25-9-14(21)10-4-6-13(7-5-10)20(22)23/h1-8,14,21H,9H2. The first-order valence-corrected chi connectivity index (χ1v) is 8.95. The zero-order chi connectivity index (χ0) is 17.8. The quantitative estimate of drug-likeness (QED) is 0.360. The first-order chi connectivity index (χ1) is 12.0. The van der Waals surface area contributed by atoms with Crippen LogP contribution in [0.15, 0.2) is 62.6 Å². The molecule has 1 heterocycles. The van der Waals surface area contributed by atoms with Gasteiger partial charge < -0.3 is 9.52 Å². The number of nitrogens with zero attached hydrogens (tertiary/aromatic N) is 3. The van der Waals surface area contributed by atoms with E-state index in [1.54, 1.807) is 0 Å². The zero-order valence-electron chi connectivity index (χ0n) is 12.7. The number of thioether (sulfide) groups is 1. The van der Waals surface area contributed by atoms with Gasteiger partial charge in [-0.15, -0.1) is 10.2 Å². The molecule has 0 spiro atoms. The minimum Gasteiger partial charge on any atom is -0.411 e. The van der Waals surface area contributed by atoms with Gasteiger partial charge in [0.1, 0.15) is 0 Å². The molecule has 0 fully saturated rings. The number of benzene rings is 2. The van der Waals surface area contributed by atoms with Crippen molar-refractivity contribution in [3.8, 4) is 11.5 Å². The number of aliphatic hydroxyl groups excluding tert-OH is 1. The van der Waals surface area contributed by atoms with Gasteiger partial charge in [0.05, 0.1) is 11.0 Å². The van der Waals surface area contributed by atoms with E-state index in [2.05, 4.69) is 26.1 Å². The molecule has 0 aliphatic carbocycles.